The number of sulfonamides is 1. The van der Waals surface area contributed by atoms with Crippen molar-refractivity contribution in [2.24, 2.45) is 0 Å². The summed E-state index contributed by atoms with van der Waals surface area (Å²) in [6, 6.07) is 11.5. The highest BCUT2D eigenvalue weighted by molar-refractivity contribution is 7.90. The average Bonchev–Trinajstić information content (AvgIpc) is 2.72. The smallest absolute Gasteiger partial charge is 0.338 e. The van der Waals surface area contributed by atoms with Crippen LogP contribution in [0.5, 0.6) is 0 Å². The van der Waals surface area contributed by atoms with Crippen molar-refractivity contribution in [2.75, 3.05) is 11.9 Å². The Hall–Kier alpha value is -2.87. The first-order chi connectivity index (χ1) is 14.8. The van der Waals surface area contributed by atoms with E-state index in [-0.39, 0.29) is 16.1 Å². The van der Waals surface area contributed by atoms with E-state index in [1.54, 1.807) is 37.3 Å². The summed E-state index contributed by atoms with van der Waals surface area (Å²) in [5, 5.41) is 2.44. The fraction of sp³-hybridized carbons (Fsp3) is 0.391. The Morgan fingerprint density at radius 1 is 0.935 bits per heavy atom. The number of anilines is 1. The number of urea groups is 1. The van der Waals surface area contributed by atoms with Crippen LogP contribution in [0.1, 0.15) is 61.4 Å². The van der Waals surface area contributed by atoms with Crippen LogP contribution >= 0.6 is 0 Å². The fourth-order valence-electron chi connectivity index (χ4n) is 2.97. The molecule has 0 aliphatic rings. The van der Waals surface area contributed by atoms with Gasteiger partial charge in [-0.2, -0.15) is 0 Å². The van der Waals surface area contributed by atoms with Crippen LogP contribution in [0, 0.1) is 6.92 Å². The number of hydrogen-bond donors (Lipinski definition) is 2. The van der Waals surface area contributed by atoms with E-state index in [1.807, 2.05) is 4.72 Å². The van der Waals surface area contributed by atoms with E-state index < -0.39 is 22.0 Å². The van der Waals surface area contributed by atoms with Crippen LogP contribution in [0.15, 0.2) is 53.4 Å². The van der Waals surface area contributed by atoms with Crippen LogP contribution in [-0.4, -0.2) is 27.0 Å². The zero-order valence-corrected chi connectivity index (χ0v) is 18.8. The SMILES string of the molecule is CCCCCCCCOC(=O)c1cccc(NC(=O)NS(=O)(=O)c2cccc(C)c2)c1. The monoisotopic (exact) mass is 446 g/mol. The van der Waals surface area contributed by atoms with Gasteiger partial charge in [0.1, 0.15) is 0 Å². The van der Waals surface area contributed by atoms with Gasteiger partial charge in [0.15, 0.2) is 0 Å². The van der Waals surface area contributed by atoms with E-state index in [4.69, 9.17) is 4.74 Å². The van der Waals surface area contributed by atoms with Gasteiger partial charge < -0.3 is 10.1 Å². The molecule has 0 aliphatic carbocycles. The molecule has 31 heavy (non-hydrogen) atoms. The number of esters is 1. The molecule has 2 N–H and O–H groups in total. The molecule has 0 aliphatic heterocycles. The average molecular weight is 447 g/mol. The molecule has 0 saturated heterocycles. The Kier molecular flexibility index (Phi) is 9.52. The molecule has 0 unspecified atom stereocenters. The molecule has 2 aromatic carbocycles. The van der Waals surface area contributed by atoms with Crippen molar-refractivity contribution >= 4 is 27.7 Å². The van der Waals surface area contributed by atoms with Crippen molar-refractivity contribution in [1.29, 1.82) is 0 Å². The number of ether oxygens (including phenoxy) is 1. The Labute approximate surface area is 184 Å². The lowest BCUT2D eigenvalue weighted by Crippen LogP contribution is -2.34. The van der Waals surface area contributed by atoms with Crippen molar-refractivity contribution in [3.05, 3.63) is 59.7 Å². The van der Waals surface area contributed by atoms with Gasteiger partial charge in [-0.1, -0.05) is 57.2 Å². The summed E-state index contributed by atoms with van der Waals surface area (Å²) in [7, 11) is -4.01. The molecule has 0 aromatic heterocycles. The molecule has 0 bridgehead atoms. The minimum absolute atomic E-state index is 0.00493. The van der Waals surface area contributed by atoms with Gasteiger partial charge >= 0.3 is 12.0 Å². The summed E-state index contributed by atoms with van der Waals surface area (Å²) in [5.74, 6) is -0.481. The summed E-state index contributed by atoms with van der Waals surface area (Å²) in [5.41, 5.74) is 1.33. The van der Waals surface area contributed by atoms with E-state index >= 15 is 0 Å². The summed E-state index contributed by atoms with van der Waals surface area (Å²) in [4.78, 5) is 24.4. The molecule has 0 atom stereocenters. The third-order valence-corrected chi connectivity index (χ3v) is 5.94. The minimum Gasteiger partial charge on any atom is -0.462 e. The highest BCUT2D eigenvalue weighted by Crippen LogP contribution is 2.14. The lowest BCUT2D eigenvalue weighted by Gasteiger charge is -2.10. The van der Waals surface area contributed by atoms with Crippen molar-refractivity contribution < 1.29 is 22.7 Å². The molecular weight excluding hydrogens is 416 g/mol. The second kappa shape index (κ2) is 12.1. The number of benzene rings is 2. The maximum Gasteiger partial charge on any atom is 0.338 e. The Morgan fingerprint density at radius 2 is 1.65 bits per heavy atom. The highest BCUT2D eigenvalue weighted by Gasteiger charge is 2.18. The number of hydrogen-bond acceptors (Lipinski definition) is 5. The summed E-state index contributed by atoms with van der Waals surface area (Å²) >= 11 is 0. The van der Waals surface area contributed by atoms with Gasteiger partial charge in [-0.15, -0.1) is 0 Å². The second-order valence-electron chi connectivity index (χ2n) is 7.36. The summed E-state index contributed by atoms with van der Waals surface area (Å²) in [6.07, 6.45) is 6.57. The van der Waals surface area contributed by atoms with Gasteiger partial charge in [0.05, 0.1) is 17.1 Å². The summed E-state index contributed by atoms with van der Waals surface area (Å²) in [6.45, 7) is 4.27. The number of amides is 2. The maximum atomic E-state index is 12.3. The van der Waals surface area contributed by atoms with Gasteiger partial charge in [-0.3, -0.25) is 0 Å². The molecule has 0 saturated carbocycles. The Bertz CT molecular complexity index is 989. The highest BCUT2D eigenvalue weighted by atomic mass is 32.2. The van der Waals surface area contributed by atoms with Crippen LogP contribution in [-0.2, 0) is 14.8 Å². The number of aryl methyl sites for hydroxylation is 1. The van der Waals surface area contributed by atoms with E-state index in [2.05, 4.69) is 12.2 Å². The lowest BCUT2D eigenvalue weighted by molar-refractivity contribution is 0.0497. The molecule has 2 aromatic rings. The predicted molar refractivity (Wildman–Crippen MR) is 121 cm³/mol. The normalized spacial score (nSPS) is 11.0. The minimum atomic E-state index is -4.01. The Balaban J connectivity index is 1.87. The standard InChI is InChI=1S/C23H30N2O5S/c1-3-4-5-6-7-8-15-30-22(26)19-12-10-13-20(17-19)24-23(27)25-31(28,29)21-14-9-11-18(2)16-21/h9-14,16-17H,3-8,15H2,1-2H3,(H2,24,25,27). The number of unbranched alkanes of at least 4 members (excludes halogenated alkanes) is 5. The Morgan fingerprint density at radius 3 is 2.39 bits per heavy atom. The molecular formula is C23H30N2O5S. The molecule has 0 radical (unpaired) electrons. The zero-order valence-electron chi connectivity index (χ0n) is 18.0. The maximum absolute atomic E-state index is 12.3. The number of carbonyl (C=O) groups excluding carboxylic acids is 2. The molecule has 2 amide bonds. The van der Waals surface area contributed by atoms with E-state index in [0.717, 1.165) is 24.8 Å². The van der Waals surface area contributed by atoms with E-state index in [9.17, 15) is 18.0 Å². The van der Waals surface area contributed by atoms with Crippen LogP contribution in [0.2, 0.25) is 0 Å². The lowest BCUT2D eigenvalue weighted by atomic mass is 10.1. The van der Waals surface area contributed by atoms with Gasteiger partial charge in [-0.25, -0.2) is 22.7 Å². The van der Waals surface area contributed by atoms with Gasteiger partial charge in [0.2, 0.25) is 0 Å². The third-order valence-electron chi connectivity index (χ3n) is 4.61. The molecule has 168 valence electrons. The molecule has 0 heterocycles. The van der Waals surface area contributed by atoms with Gasteiger partial charge in [0.25, 0.3) is 10.0 Å². The summed E-state index contributed by atoms with van der Waals surface area (Å²) < 4.78 is 31.9. The first-order valence-corrected chi connectivity index (χ1v) is 12.0. The molecule has 0 fully saturated rings. The third kappa shape index (κ3) is 8.41. The molecule has 8 heteroatoms. The van der Waals surface area contributed by atoms with Crippen molar-refractivity contribution in [2.45, 2.75) is 57.3 Å². The zero-order chi connectivity index (χ0) is 22.7. The quantitative estimate of drug-likeness (QED) is 0.373. The predicted octanol–water partition coefficient (Wildman–Crippen LogP) is 5.02. The van der Waals surface area contributed by atoms with Crippen molar-refractivity contribution in [3.8, 4) is 0 Å². The second-order valence-corrected chi connectivity index (χ2v) is 9.04. The topological polar surface area (TPSA) is 102 Å². The van der Waals surface area contributed by atoms with Crippen LogP contribution in [0.3, 0.4) is 0 Å². The van der Waals surface area contributed by atoms with Crippen LogP contribution < -0.4 is 10.0 Å². The molecule has 7 nitrogen and oxygen atoms in total. The number of carbonyl (C=O) groups is 2. The van der Waals surface area contributed by atoms with Crippen LogP contribution in [0.25, 0.3) is 0 Å². The molecule has 2 rings (SSSR count). The first-order valence-electron chi connectivity index (χ1n) is 10.5. The van der Waals surface area contributed by atoms with Crippen molar-refractivity contribution in [1.82, 2.24) is 4.72 Å². The molecule has 0 spiro atoms. The number of nitrogens with one attached hydrogen (secondary N) is 2. The van der Waals surface area contributed by atoms with E-state index in [1.165, 1.54) is 37.5 Å². The van der Waals surface area contributed by atoms with Crippen molar-refractivity contribution in [3.63, 3.8) is 0 Å². The number of rotatable bonds is 11. The van der Waals surface area contributed by atoms with Gasteiger partial charge in [0, 0.05) is 5.69 Å². The first kappa shape index (κ1) is 24.4. The largest absolute Gasteiger partial charge is 0.462 e. The fourth-order valence-corrected chi connectivity index (χ4v) is 3.99. The van der Waals surface area contributed by atoms with E-state index in [0.29, 0.717) is 6.61 Å². The van der Waals surface area contributed by atoms with Gasteiger partial charge in [-0.05, 0) is 49.2 Å². The van der Waals surface area contributed by atoms with Crippen LogP contribution in [0.4, 0.5) is 10.5 Å².